The normalized spacial score (nSPS) is 11.9. The van der Waals surface area contributed by atoms with Gasteiger partial charge in [0.2, 0.25) is 0 Å². The lowest BCUT2D eigenvalue weighted by Crippen LogP contribution is -2.11. The zero-order valence-corrected chi connectivity index (χ0v) is 15.1. The van der Waals surface area contributed by atoms with Gasteiger partial charge in [0.15, 0.2) is 5.76 Å². The summed E-state index contributed by atoms with van der Waals surface area (Å²) < 4.78 is 17.9. The molecule has 0 saturated carbocycles. The standard InChI is InChI=1S/C19H16ClNO3S/c1-13-4-2-3-5-17(13)21-19(22)18-11-8-15(24-18)12-25(23)16-9-6-14(20)7-10-16/h2-11H,12H2,1H3,(H,21,22). The fraction of sp³-hybridized carbons (Fsp3) is 0.105. The Morgan fingerprint density at radius 1 is 1.08 bits per heavy atom. The predicted octanol–water partition coefficient (Wildman–Crippen LogP) is 4.80. The molecule has 3 aromatic rings. The molecule has 0 radical (unpaired) electrons. The molecule has 25 heavy (non-hydrogen) atoms. The molecule has 3 rings (SSSR count). The van der Waals surface area contributed by atoms with E-state index in [0.717, 1.165) is 11.3 Å². The lowest BCUT2D eigenvalue weighted by Gasteiger charge is -2.06. The van der Waals surface area contributed by atoms with Gasteiger partial charge in [-0.1, -0.05) is 29.8 Å². The number of para-hydroxylation sites is 1. The molecule has 1 heterocycles. The zero-order chi connectivity index (χ0) is 17.8. The van der Waals surface area contributed by atoms with Gasteiger partial charge in [-0.15, -0.1) is 0 Å². The van der Waals surface area contributed by atoms with Gasteiger partial charge in [-0.2, -0.15) is 0 Å². The number of carbonyl (C=O) groups is 1. The molecule has 1 amide bonds. The maximum atomic E-state index is 12.3. The summed E-state index contributed by atoms with van der Waals surface area (Å²) in [5, 5.41) is 3.40. The minimum atomic E-state index is -1.27. The first-order valence-electron chi connectivity index (χ1n) is 7.62. The van der Waals surface area contributed by atoms with Crippen molar-refractivity contribution < 1.29 is 13.4 Å². The van der Waals surface area contributed by atoms with E-state index in [4.69, 9.17) is 16.0 Å². The summed E-state index contributed by atoms with van der Waals surface area (Å²) >= 11 is 5.83. The van der Waals surface area contributed by atoms with Crippen LogP contribution < -0.4 is 5.32 Å². The van der Waals surface area contributed by atoms with Gasteiger partial charge in [-0.05, 0) is 55.0 Å². The van der Waals surface area contributed by atoms with Crippen LogP contribution in [0.5, 0.6) is 0 Å². The van der Waals surface area contributed by atoms with Gasteiger partial charge in [0.25, 0.3) is 5.91 Å². The third-order valence-corrected chi connectivity index (χ3v) is 5.23. The lowest BCUT2D eigenvalue weighted by molar-refractivity contribution is 0.0995. The Balaban J connectivity index is 1.67. The van der Waals surface area contributed by atoms with Crippen molar-refractivity contribution in [3.63, 3.8) is 0 Å². The largest absolute Gasteiger partial charge is 0.455 e. The van der Waals surface area contributed by atoms with Crippen LogP contribution in [0.3, 0.4) is 0 Å². The molecule has 1 atom stereocenters. The van der Waals surface area contributed by atoms with Crippen LogP contribution >= 0.6 is 11.6 Å². The number of nitrogens with one attached hydrogen (secondary N) is 1. The van der Waals surface area contributed by atoms with Gasteiger partial charge in [-0.3, -0.25) is 9.00 Å². The second-order valence-electron chi connectivity index (χ2n) is 5.48. The van der Waals surface area contributed by atoms with E-state index in [2.05, 4.69) is 5.32 Å². The molecule has 0 spiro atoms. The maximum Gasteiger partial charge on any atom is 0.291 e. The maximum absolute atomic E-state index is 12.3. The molecule has 0 saturated heterocycles. The van der Waals surface area contributed by atoms with Gasteiger partial charge in [0.05, 0.1) is 16.6 Å². The number of rotatable bonds is 5. The van der Waals surface area contributed by atoms with Crippen LogP contribution in [0.2, 0.25) is 5.02 Å². The van der Waals surface area contributed by atoms with Crippen LogP contribution in [0, 0.1) is 6.92 Å². The number of hydrogen-bond donors (Lipinski definition) is 1. The van der Waals surface area contributed by atoms with Gasteiger partial charge >= 0.3 is 0 Å². The van der Waals surface area contributed by atoms with E-state index in [1.807, 2.05) is 31.2 Å². The van der Waals surface area contributed by atoms with Crippen molar-refractivity contribution in [1.29, 1.82) is 0 Å². The number of aryl methyl sites for hydroxylation is 1. The van der Waals surface area contributed by atoms with Gasteiger partial charge < -0.3 is 9.73 Å². The number of furan rings is 1. The summed E-state index contributed by atoms with van der Waals surface area (Å²) in [6.07, 6.45) is 0. The van der Waals surface area contributed by atoms with Gasteiger partial charge in [0, 0.05) is 15.6 Å². The average molecular weight is 374 g/mol. The third-order valence-electron chi connectivity index (χ3n) is 3.63. The quantitative estimate of drug-likeness (QED) is 0.698. The predicted molar refractivity (Wildman–Crippen MR) is 99.4 cm³/mol. The summed E-state index contributed by atoms with van der Waals surface area (Å²) in [6.45, 7) is 1.92. The Morgan fingerprint density at radius 2 is 1.80 bits per heavy atom. The Morgan fingerprint density at radius 3 is 2.52 bits per heavy atom. The van der Waals surface area contributed by atoms with Crippen molar-refractivity contribution in [2.45, 2.75) is 17.6 Å². The Bertz CT molecular complexity index is 918. The first-order chi connectivity index (χ1) is 12.0. The second kappa shape index (κ2) is 7.68. The van der Waals surface area contributed by atoms with Crippen molar-refractivity contribution in [3.8, 4) is 0 Å². The Hall–Kier alpha value is -2.37. The van der Waals surface area contributed by atoms with E-state index in [1.54, 1.807) is 36.4 Å². The topological polar surface area (TPSA) is 59.3 Å². The van der Waals surface area contributed by atoms with E-state index < -0.39 is 10.8 Å². The van der Waals surface area contributed by atoms with Crippen molar-refractivity contribution in [1.82, 2.24) is 0 Å². The monoisotopic (exact) mass is 373 g/mol. The van der Waals surface area contributed by atoms with Crippen LogP contribution in [0.4, 0.5) is 5.69 Å². The fourth-order valence-electron chi connectivity index (χ4n) is 2.27. The second-order valence-corrected chi connectivity index (χ2v) is 7.37. The molecule has 2 aromatic carbocycles. The average Bonchev–Trinajstić information content (AvgIpc) is 3.06. The highest BCUT2D eigenvalue weighted by Gasteiger charge is 2.14. The number of benzene rings is 2. The number of halogens is 1. The van der Waals surface area contributed by atoms with E-state index in [1.165, 1.54) is 0 Å². The highest BCUT2D eigenvalue weighted by Crippen LogP contribution is 2.19. The van der Waals surface area contributed by atoms with Crippen LogP contribution in [0.15, 0.2) is 70.0 Å². The van der Waals surface area contributed by atoms with Gasteiger partial charge in [0.1, 0.15) is 5.76 Å². The van der Waals surface area contributed by atoms with Crippen LogP contribution in [-0.4, -0.2) is 10.1 Å². The molecule has 0 aliphatic heterocycles. The SMILES string of the molecule is Cc1ccccc1NC(=O)c1ccc(CS(=O)c2ccc(Cl)cc2)o1. The minimum absolute atomic E-state index is 0.186. The Labute approximate surface area is 153 Å². The molecule has 6 heteroatoms. The molecular formula is C19H16ClNO3S. The van der Waals surface area contributed by atoms with E-state index in [-0.39, 0.29) is 17.4 Å². The Kier molecular flexibility index (Phi) is 5.36. The molecule has 0 aliphatic rings. The number of anilines is 1. The summed E-state index contributed by atoms with van der Waals surface area (Å²) in [6, 6.07) is 17.6. The van der Waals surface area contributed by atoms with Crippen LogP contribution in [0.1, 0.15) is 21.9 Å². The lowest BCUT2D eigenvalue weighted by atomic mass is 10.2. The molecular weight excluding hydrogens is 358 g/mol. The summed E-state index contributed by atoms with van der Waals surface area (Å²) in [5.41, 5.74) is 1.70. The van der Waals surface area contributed by atoms with Crippen molar-refractivity contribution >= 4 is 34.0 Å². The van der Waals surface area contributed by atoms with E-state index >= 15 is 0 Å². The summed E-state index contributed by atoms with van der Waals surface area (Å²) in [4.78, 5) is 12.9. The fourth-order valence-corrected chi connectivity index (χ4v) is 3.42. The molecule has 1 unspecified atom stereocenters. The van der Waals surface area contributed by atoms with E-state index in [0.29, 0.717) is 15.7 Å². The minimum Gasteiger partial charge on any atom is -0.455 e. The molecule has 1 aromatic heterocycles. The van der Waals surface area contributed by atoms with Crippen LogP contribution in [-0.2, 0) is 16.6 Å². The number of amides is 1. The third kappa shape index (κ3) is 4.38. The highest BCUT2D eigenvalue weighted by atomic mass is 35.5. The molecule has 0 fully saturated rings. The number of hydrogen-bond acceptors (Lipinski definition) is 3. The van der Waals surface area contributed by atoms with Crippen LogP contribution in [0.25, 0.3) is 0 Å². The van der Waals surface area contributed by atoms with Crippen molar-refractivity contribution in [2.24, 2.45) is 0 Å². The van der Waals surface area contributed by atoms with E-state index in [9.17, 15) is 9.00 Å². The first kappa shape index (κ1) is 17.5. The molecule has 0 bridgehead atoms. The van der Waals surface area contributed by atoms with Gasteiger partial charge in [-0.25, -0.2) is 0 Å². The molecule has 1 N–H and O–H groups in total. The zero-order valence-electron chi connectivity index (χ0n) is 13.5. The number of carbonyl (C=O) groups excluding carboxylic acids is 1. The smallest absolute Gasteiger partial charge is 0.291 e. The van der Waals surface area contributed by atoms with Crippen molar-refractivity contribution in [3.05, 3.63) is 82.8 Å². The first-order valence-corrected chi connectivity index (χ1v) is 9.32. The summed E-state index contributed by atoms with van der Waals surface area (Å²) in [5.74, 6) is 0.534. The summed E-state index contributed by atoms with van der Waals surface area (Å²) in [7, 11) is -1.27. The van der Waals surface area contributed by atoms with Crippen molar-refractivity contribution in [2.75, 3.05) is 5.32 Å². The molecule has 4 nitrogen and oxygen atoms in total. The molecule has 128 valence electrons. The molecule has 0 aliphatic carbocycles. The highest BCUT2D eigenvalue weighted by molar-refractivity contribution is 7.84.